The van der Waals surface area contributed by atoms with Crippen molar-refractivity contribution in [1.82, 2.24) is 5.32 Å². The molecule has 1 unspecified atom stereocenters. The van der Waals surface area contributed by atoms with E-state index in [-0.39, 0.29) is 11.8 Å². The molecule has 14 heavy (non-hydrogen) atoms. The molecule has 1 aromatic carbocycles. The van der Waals surface area contributed by atoms with Crippen molar-refractivity contribution in [3.8, 4) is 0 Å². The van der Waals surface area contributed by atoms with Gasteiger partial charge in [-0.15, -0.1) is 0 Å². The van der Waals surface area contributed by atoms with E-state index in [1.165, 1.54) is 11.1 Å². The molecule has 2 rings (SSSR count). The van der Waals surface area contributed by atoms with Crippen molar-refractivity contribution < 1.29 is 4.79 Å². The van der Waals surface area contributed by atoms with Crippen LogP contribution in [0.1, 0.15) is 17.5 Å². The van der Waals surface area contributed by atoms with Gasteiger partial charge in [0.05, 0.1) is 0 Å². The number of nitrogens with one attached hydrogen (secondary N) is 1. The Morgan fingerprint density at radius 1 is 1.36 bits per heavy atom. The number of benzene rings is 1. The van der Waals surface area contributed by atoms with Crippen LogP contribution in [0.4, 0.5) is 0 Å². The summed E-state index contributed by atoms with van der Waals surface area (Å²) >= 11 is 0. The minimum atomic E-state index is 0.192. The summed E-state index contributed by atoms with van der Waals surface area (Å²) in [6, 6.07) is 8.42. The molecule has 0 spiro atoms. The Hall–Kier alpha value is -1.31. The Kier molecular flexibility index (Phi) is 2.53. The molecule has 1 N–H and O–H groups in total. The number of carbonyl (C=O) groups is 1. The first-order chi connectivity index (χ1) is 6.75. The molecule has 74 valence electrons. The molecule has 1 aromatic rings. The minimum absolute atomic E-state index is 0.192. The highest BCUT2D eigenvalue weighted by Crippen LogP contribution is 2.16. The van der Waals surface area contributed by atoms with Crippen molar-refractivity contribution >= 4 is 5.91 Å². The van der Waals surface area contributed by atoms with Gasteiger partial charge in [0.25, 0.3) is 0 Å². The molecule has 0 aliphatic carbocycles. The predicted octanol–water partition coefficient (Wildman–Crippen LogP) is 1.67. The van der Waals surface area contributed by atoms with Crippen molar-refractivity contribution in [3.63, 3.8) is 0 Å². The molecule has 0 radical (unpaired) electrons. The van der Waals surface area contributed by atoms with E-state index in [1.54, 1.807) is 0 Å². The van der Waals surface area contributed by atoms with Gasteiger partial charge in [0, 0.05) is 12.5 Å². The zero-order chi connectivity index (χ0) is 9.97. The SMILES string of the molecule is Cc1ccc(CC2CCNC2=O)cc1. The molecule has 2 nitrogen and oxygen atoms in total. The Balaban J connectivity index is 2.03. The minimum Gasteiger partial charge on any atom is -0.356 e. The van der Waals surface area contributed by atoms with Crippen LogP contribution in [0.15, 0.2) is 24.3 Å². The van der Waals surface area contributed by atoms with Gasteiger partial charge in [-0.1, -0.05) is 29.8 Å². The average Bonchev–Trinajstić information content (AvgIpc) is 2.56. The number of carbonyl (C=O) groups excluding carboxylic acids is 1. The van der Waals surface area contributed by atoms with Crippen molar-refractivity contribution in [3.05, 3.63) is 35.4 Å². The maximum atomic E-state index is 11.3. The zero-order valence-electron chi connectivity index (χ0n) is 8.42. The second-order valence-electron chi connectivity index (χ2n) is 3.97. The van der Waals surface area contributed by atoms with Gasteiger partial charge in [-0.25, -0.2) is 0 Å². The topological polar surface area (TPSA) is 29.1 Å². The van der Waals surface area contributed by atoms with E-state index in [9.17, 15) is 4.79 Å². The summed E-state index contributed by atoms with van der Waals surface area (Å²) in [7, 11) is 0. The van der Waals surface area contributed by atoms with Crippen LogP contribution in [0.25, 0.3) is 0 Å². The number of rotatable bonds is 2. The average molecular weight is 189 g/mol. The van der Waals surface area contributed by atoms with E-state index in [1.807, 2.05) is 0 Å². The number of hydrogen-bond acceptors (Lipinski definition) is 1. The molecule has 1 saturated heterocycles. The Morgan fingerprint density at radius 2 is 2.07 bits per heavy atom. The van der Waals surface area contributed by atoms with Crippen LogP contribution in [-0.2, 0) is 11.2 Å². The standard InChI is InChI=1S/C12H15NO/c1-9-2-4-10(5-3-9)8-11-6-7-13-12(11)14/h2-5,11H,6-8H2,1H3,(H,13,14). The smallest absolute Gasteiger partial charge is 0.223 e. The van der Waals surface area contributed by atoms with Crippen LogP contribution in [0, 0.1) is 12.8 Å². The number of hydrogen-bond donors (Lipinski definition) is 1. The van der Waals surface area contributed by atoms with E-state index in [4.69, 9.17) is 0 Å². The van der Waals surface area contributed by atoms with Gasteiger partial charge in [0.1, 0.15) is 0 Å². The van der Waals surface area contributed by atoms with Crippen LogP contribution in [0.5, 0.6) is 0 Å². The number of aryl methyl sites for hydroxylation is 1. The summed E-state index contributed by atoms with van der Waals surface area (Å²) in [4.78, 5) is 11.3. The molecule has 0 bridgehead atoms. The van der Waals surface area contributed by atoms with Crippen LogP contribution >= 0.6 is 0 Å². The predicted molar refractivity (Wildman–Crippen MR) is 56.0 cm³/mol. The third-order valence-electron chi connectivity index (χ3n) is 2.77. The molecular weight excluding hydrogens is 174 g/mol. The second kappa shape index (κ2) is 3.82. The highest BCUT2D eigenvalue weighted by Gasteiger charge is 2.23. The van der Waals surface area contributed by atoms with E-state index in [0.29, 0.717) is 0 Å². The number of amides is 1. The molecule has 1 amide bonds. The Bertz CT molecular complexity index is 329. The van der Waals surface area contributed by atoms with Gasteiger partial charge in [0.2, 0.25) is 5.91 Å². The van der Waals surface area contributed by atoms with Crippen LogP contribution in [-0.4, -0.2) is 12.5 Å². The van der Waals surface area contributed by atoms with E-state index < -0.39 is 0 Å². The summed E-state index contributed by atoms with van der Waals surface area (Å²) in [5.41, 5.74) is 2.53. The molecule has 1 heterocycles. The van der Waals surface area contributed by atoms with Crippen LogP contribution in [0.3, 0.4) is 0 Å². The van der Waals surface area contributed by atoms with Crippen molar-refractivity contribution in [2.75, 3.05) is 6.54 Å². The summed E-state index contributed by atoms with van der Waals surface area (Å²) in [6.07, 6.45) is 1.86. The Morgan fingerprint density at radius 3 is 2.64 bits per heavy atom. The molecule has 1 aliphatic rings. The lowest BCUT2D eigenvalue weighted by molar-refractivity contribution is -0.122. The fourth-order valence-corrected chi connectivity index (χ4v) is 1.85. The van der Waals surface area contributed by atoms with Crippen molar-refractivity contribution in [2.45, 2.75) is 19.8 Å². The third kappa shape index (κ3) is 1.95. The molecule has 1 atom stereocenters. The monoisotopic (exact) mass is 189 g/mol. The van der Waals surface area contributed by atoms with Crippen molar-refractivity contribution in [2.24, 2.45) is 5.92 Å². The van der Waals surface area contributed by atoms with Crippen molar-refractivity contribution in [1.29, 1.82) is 0 Å². The normalized spacial score (nSPS) is 20.9. The molecule has 2 heteroatoms. The van der Waals surface area contributed by atoms with Gasteiger partial charge in [-0.3, -0.25) is 4.79 Å². The zero-order valence-corrected chi connectivity index (χ0v) is 8.42. The molecule has 0 saturated carbocycles. The van der Waals surface area contributed by atoms with E-state index >= 15 is 0 Å². The first-order valence-electron chi connectivity index (χ1n) is 5.09. The Labute approximate surface area is 84.3 Å². The van der Waals surface area contributed by atoms with Crippen LogP contribution in [0.2, 0.25) is 0 Å². The highest BCUT2D eigenvalue weighted by atomic mass is 16.2. The molecule has 0 aromatic heterocycles. The fourth-order valence-electron chi connectivity index (χ4n) is 1.85. The van der Waals surface area contributed by atoms with Gasteiger partial charge < -0.3 is 5.32 Å². The first kappa shape index (κ1) is 9.25. The van der Waals surface area contributed by atoms with E-state index in [2.05, 4.69) is 36.5 Å². The summed E-state index contributed by atoms with van der Waals surface area (Å²) in [5, 5.41) is 2.86. The van der Waals surface area contributed by atoms with Crippen LogP contribution < -0.4 is 5.32 Å². The molecule has 1 fully saturated rings. The molecule has 1 aliphatic heterocycles. The lowest BCUT2D eigenvalue weighted by Gasteiger charge is -2.06. The first-order valence-corrected chi connectivity index (χ1v) is 5.09. The fraction of sp³-hybridized carbons (Fsp3) is 0.417. The summed E-state index contributed by atoms with van der Waals surface area (Å²) in [6.45, 7) is 2.92. The van der Waals surface area contributed by atoms with Gasteiger partial charge in [0.15, 0.2) is 0 Å². The highest BCUT2D eigenvalue weighted by molar-refractivity contribution is 5.80. The summed E-state index contributed by atoms with van der Waals surface area (Å²) in [5.74, 6) is 0.406. The second-order valence-corrected chi connectivity index (χ2v) is 3.97. The summed E-state index contributed by atoms with van der Waals surface area (Å²) < 4.78 is 0. The van der Waals surface area contributed by atoms with Gasteiger partial charge in [-0.05, 0) is 25.3 Å². The maximum absolute atomic E-state index is 11.3. The lowest BCUT2D eigenvalue weighted by atomic mass is 9.97. The lowest BCUT2D eigenvalue weighted by Crippen LogP contribution is -2.20. The quantitative estimate of drug-likeness (QED) is 0.753. The van der Waals surface area contributed by atoms with Gasteiger partial charge in [-0.2, -0.15) is 0 Å². The van der Waals surface area contributed by atoms with E-state index in [0.717, 1.165) is 19.4 Å². The maximum Gasteiger partial charge on any atom is 0.223 e. The third-order valence-corrected chi connectivity index (χ3v) is 2.77. The largest absolute Gasteiger partial charge is 0.356 e. The molecular formula is C12H15NO. The van der Waals surface area contributed by atoms with Gasteiger partial charge >= 0.3 is 0 Å².